The van der Waals surface area contributed by atoms with Crippen molar-refractivity contribution in [2.24, 2.45) is 0 Å². The average Bonchev–Trinajstić information content (AvgIpc) is 2.72. The van der Waals surface area contributed by atoms with Gasteiger partial charge >= 0.3 is 5.69 Å². The van der Waals surface area contributed by atoms with Gasteiger partial charge in [0.15, 0.2) is 12.4 Å². The fourth-order valence-corrected chi connectivity index (χ4v) is 4.53. The SMILES string of the molecule is Cc1ccc([N+](=O)[O-])c(OCC(=O)N2CCN(S(=O)(=O)c3cccc(F)c3)CC2)c1. The summed E-state index contributed by atoms with van der Waals surface area (Å²) in [6, 6.07) is 9.12. The number of carbonyl (C=O) groups is 1. The van der Waals surface area contributed by atoms with Crippen molar-refractivity contribution in [1.29, 1.82) is 0 Å². The van der Waals surface area contributed by atoms with Crippen molar-refractivity contribution in [1.82, 2.24) is 9.21 Å². The first-order chi connectivity index (χ1) is 14.2. The van der Waals surface area contributed by atoms with Gasteiger partial charge in [-0.15, -0.1) is 0 Å². The number of nitro benzene ring substituents is 1. The fourth-order valence-electron chi connectivity index (χ4n) is 3.07. The lowest BCUT2D eigenvalue weighted by molar-refractivity contribution is -0.385. The van der Waals surface area contributed by atoms with Crippen LogP contribution in [0, 0.1) is 22.9 Å². The molecule has 0 saturated carbocycles. The highest BCUT2D eigenvalue weighted by molar-refractivity contribution is 7.89. The number of carbonyl (C=O) groups excluding carboxylic acids is 1. The van der Waals surface area contributed by atoms with Crippen LogP contribution in [0.15, 0.2) is 47.4 Å². The second-order valence-electron chi connectivity index (χ2n) is 6.76. The van der Waals surface area contributed by atoms with E-state index in [0.29, 0.717) is 0 Å². The Morgan fingerprint density at radius 1 is 1.17 bits per heavy atom. The number of aryl methyl sites for hydroxylation is 1. The smallest absolute Gasteiger partial charge is 0.310 e. The lowest BCUT2D eigenvalue weighted by atomic mass is 10.2. The standard InChI is InChI=1S/C19H20FN3O6S/c1-14-5-6-17(23(25)26)18(11-14)29-13-19(24)21-7-9-22(10-8-21)30(27,28)16-4-2-3-15(20)12-16/h2-6,11-12H,7-10,13H2,1H3. The van der Waals surface area contributed by atoms with E-state index in [4.69, 9.17) is 4.74 Å². The van der Waals surface area contributed by atoms with Crippen molar-refractivity contribution in [3.05, 3.63) is 64.0 Å². The Labute approximate surface area is 172 Å². The minimum absolute atomic E-state index is 0.000618. The van der Waals surface area contributed by atoms with Crippen LogP contribution in [-0.2, 0) is 14.8 Å². The Bertz CT molecular complexity index is 1070. The summed E-state index contributed by atoms with van der Waals surface area (Å²) >= 11 is 0. The largest absolute Gasteiger partial charge is 0.477 e. The molecule has 1 fully saturated rings. The molecule has 1 saturated heterocycles. The van der Waals surface area contributed by atoms with E-state index in [1.54, 1.807) is 13.0 Å². The summed E-state index contributed by atoms with van der Waals surface area (Å²) in [6.07, 6.45) is 0. The van der Waals surface area contributed by atoms with Gasteiger partial charge in [-0.3, -0.25) is 14.9 Å². The predicted octanol–water partition coefficient (Wildman–Crippen LogP) is 1.95. The minimum atomic E-state index is -3.86. The summed E-state index contributed by atoms with van der Waals surface area (Å²) in [5.41, 5.74) is 0.513. The summed E-state index contributed by atoms with van der Waals surface area (Å²) in [7, 11) is -3.86. The normalized spacial score (nSPS) is 15.1. The van der Waals surface area contributed by atoms with Gasteiger partial charge in [0.1, 0.15) is 5.82 Å². The van der Waals surface area contributed by atoms with Gasteiger partial charge in [-0.25, -0.2) is 12.8 Å². The van der Waals surface area contributed by atoms with E-state index in [1.165, 1.54) is 33.5 Å². The summed E-state index contributed by atoms with van der Waals surface area (Å²) < 4.78 is 45.2. The lowest BCUT2D eigenvalue weighted by Crippen LogP contribution is -2.51. The van der Waals surface area contributed by atoms with Crippen molar-refractivity contribution in [3.8, 4) is 5.75 Å². The maximum Gasteiger partial charge on any atom is 0.310 e. The van der Waals surface area contributed by atoms with Crippen LogP contribution in [0.25, 0.3) is 0 Å². The van der Waals surface area contributed by atoms with Crippen molar-refractivity contribution < 1.29 is 27.3 Å². The topological polar surface area (TPSA) is 110 Å². The second kappa shape index (κ2) is 8.76. The molecule has 3 rings (SSSR count). The molecular formula is C19H20FN3O6S. The zero-order chi connectivity index (χ0) is 21.9. The lowest BCUT2D eigenvalue weighted by Gasteiger charge is -2.33. The van der Waals surface area contributed by atoms with Crippen LogP contribution in [0.4, 0.5) is 10.1 Å². The molecule has 2 aromatic carbocycles. The number of nitrogens with zero attached hydrogens (tertiary/aromatic N) is 3. The maximum absolute atomic E-state index is 13.4. The summed E-state index contributed by atoms with van der Waals surface area (Å²) in [6.45, 7) is 1.71. The van der Waals surface area contributed by atoms with Crippen LogP contribution in [0.1, 0.15) is 5.56 Å². The molecule has 0 aromatic heterocycles. The Kier molecular flexibility index (Phi) is 6.32. The van der Waals surface area contributed by atoms with Gasteiger partial charge in [-0.2, -0.15) is 4.31 Å². The number of piperazine rings is 1. The van der Waals surface area contributed by atoms with Gasteiger partial charge in [0.05, 0.1) is 9.82 Å². The molecule has 1 amide bonds. The number of hydrogen-bond donors (Lipinski definition) is 0. The molecular weight excluding hydrogens is 417 g/mol. The highest BCUT2D eigenvalue weighted by Gasteiger charge is 2.30. The first kappa shape index (κ1) is 21.7. The van der Waals surface area contributed by atoms with Gasteiger partial charge < -0.3 is 9.64 Å². The third-order valence-corrected chi connectivity index (χ3v) is 6.58. The quantitative estimate of drug-likeness (QED) is 0.505. The van der Waals surface area contributed by atoms with E-state index < -0.39 is 33.3 Å². The van der Waals surface area contributed by atoms with Gasteiger partial charge in [0, 0.05) is 32.2 Å². The van der Waals surface area contributed by atoms with E-state index >= 15 is 0 Å². The second-order valence-corrected chi connectivity index (χ2v) is 8.70. The van der Waals surface area contributed by atoms with Crippen LogP contribution >= 0.6 is 0 Å². The monoisotopic (exact) mass is 437 g/mol. The molecule has 1 aliphatic heterocycles. The molecule has 30 heavy (non-hydrogen) atoms. The summed E-state index contributed by atoms with van der Waals surface area (Å²) in [4.78, 5) is 24.2. The Morgan fingerprint density at radius 2 is 1.87 bits per heavy atom. The number of amides is 1. The number of nitro groups is 1. The van der Waals surface area contributed by atoms with Crippen LogP contribution in [-0.4, -0.2) is 61.2 Å². The molecule has 2 aromatic rings. The Morgan fingerprint density at radius 3 is 2.50 bits per heavy atom. The van der Waals surface area contributed by atoms with Gasteiger partial charge in [0.2, 0.25) is 10.0 Å². The number of rotatable bonds is 6. The summed E-state index contributed by atoms with van der Waals surface area (Å²) in [5.74, 6) is -1.05. The third kappa shape index (κ3) is 4.74. The first-order valence-corrected chi connectivity index (χ1v) is 10.5. The molecule has 0 N–H and O–H groups in total. The van der Waals surface area contributed by atoms with Crippen molar-refractivity contribution >= 4 is 21.6 Å². The highest BCUT2D eigenvalue weighted by Crippen LogP contribution is 2.27. The van der Waals surface area contributed by atoms with Gasteiger partial charge in [-0.05, 0) is 36.8 Å². The van der Waals surface area contributed by atoms with Crippen molar-refractivity contribution in [2.45, 2.75) is 11.8 Å². The molecule has 160 valence electrons. The molecule has 0 atom stereocenters. The fraction of sp³-hybridized carbons (Fsp3) is 0.316. The van der Waals surface area contributed by atoms with Gasteiger partial charge in [0.25, 0.3) is 5.91 Å². The number of benzene rings is 2. The zero-order valence-electron chi connectivity index (χ0n) is 16.2. The van der Waals surface area contributed by atoms with Crippen molar-refractivity contribution in [2.75, 3.05) is 32.8 Å². The number of sulfonamides is 1. The van der Waals surface area contributed by atoms with E-state index in [1.807, 2.05) is 0 Å². The average molecular weight is 437 g/mol. The minimum Gasteiger partial charge on any atom is -0.477 e. The first-order valence-electron chi connectivity index (χ1n) is 9.10. The molecule has 1 aliphatic rings. The van der Waals surface area contributed by atoms with E-state index in [-0.39, 0.29) is 42.5 Å². The maximum atomic E-state index is 13.4. The molecule has 9 nitrogen and oxygen atoms in total. The number of halogens is 1. The molecule has 11 heteroatoms. The van der Waals surface area contributed by atoms with Crippen LogP contribution in [0.2, 0.25) is 0 Å². The predicted molar refractivity (Wildman–Crippen MR) is 105 cm³/mol. The zero-order valence-corrected chi connectivity index (χ0v) is 17.0. The number of hydrogen-bond acceptors (Lipinski definition) is 6. The number of ether oxygens (including phenoxy) is 1. The Hall–Kier alpha value is -3.05. The Balaban J connectivity index is 1.60. The van der Waals surface area contributed by atoms with Crippen LogP contribution < -0.4 is 4.74 Å². The van der Waals surface area contributed by atoms with E-state index in [2.05, 4.69) is 0 Å². The van der Waals surface area contributed by atoms with Crippen LogP contribution in [0.3, 0.4) is 0 Å². The van der Waals surface area contributed by atoms with Crippen molar-refractivity contribution in [3.63, 3.8) is 0 Å². The third-order valence-electron chi connectivity index (χ3n) is 4.69. The summed E-state index contributed by atoms with van der Waals surface area (Å²) in [5, 5.41) is 11.1. The van der Waals surface area contributed by atoms with Gasteiger partial charge in [-0.1, -0.05) is 12.1 Å². The molecule has 0 bridgehead atoms. The molecule has 0 aliphatic carbocycles. The molecule has 0 unspecified atom stereocenters. The van der Waals surface area contributed by atoms with Crippen LogP contribution in [0.5, 0.6) is 5.75 Å². The van der Waals surface area contributed by atoms with E-state index in [0.717, 1.165) is 17.7 Å². The highest BCUT2D eigenvalue weighted by atomic mass is 32.2. The van der Waals surface area contributed by atoms with E-state index in [9.17, 15) is 27.7 Å². The molecule has 0 spiro atoms. The molecule has 0 radical (unpaired) electrons. The molecule has 1 heterocycles.